The molecule has 4 heterocycles. The first-order valence-electron chi connectivity index (χ1n) is 18.4. The number of ether oxygens (including phenoxy) is 1. The predicted octanol–water partition coefficient (Wildman–Crippen LogP) is 8.11. The average molecular weight is 783 g/mol. The van der Waals surface area contributed by atoms with Crippen LogP contribution in [0.5, 0.6) is 5.75 Å². The van der Waals surface area contributed by atoms with Crippen molar-refractivity contribution in [2.75, 3.05) is 31.1 Å². The van der Waals surface area contributed by atoms with Crippen LogP contribution in [-0.4, -0.2) is 62.3 Å². The molecule has 7 rings (SSSR count). The molecule has 0 spiro atoms. The number of aryl methyl sites for hydroxylation is 6. The molecule has 0 bridgehead atoms. The fourth-order valence-electron chi connectivity index (χ4n) is 8.05. The Morgan fingerprint density at radius 1 is 1.02 bits per heavy atom. The molecule has 0 radical (unpaired) electrons. The molecule has 0 saturated heterocycles. The van der Waals surface area contributed by atoms with Crippen molar-refractivity contribution in [1.82, 2.24) is 24.4 Å². The first-order chi connectivity index (χ1) is 26.3. The van der Waals surface area contributed by atoms with E-state index in [0.29, 0.717) is 73.2 Å². The van der Waals surface area contributed by atoms with Gasteiger partial charge >= 0.3 is 5.97 Å². The number of carboxylic acids is 1. The molecule has 3 aromatic heterocycles. The smallest absolute Gasteiger partial charge is 0.335 e. The molecule has 1 amide bonds. The molecule has 1 atom stereocenters. The maximum Gasteiger partial charge on any atom is 0.335 e. The second kappa shape index (κ2) is 15.3. The van der Waals surface area contributed by atoms with Gasteiger partial charge in [0.1, 0.15) is 17.3 Å². The van der Waals surface area contributed by atoms with Gasteiger partial charge in [-0.25, -0.2) is 14.8 Å². The number of hydrogen-bond acceptors (Lipinski definition) is 7. The number of amides is 1. The van der Waals surface area contributed by atoms with Gasteiger partial charge in [-0.3, -0.25) is 4.79 Å². The summed E-state index contributed by atoms with van der Waals surface area (Å²) in [5.74, 6) is 0.218. The van der Waals surface area contributed by atoms with Crippen LogP contribution in [0.1, 0.15) is 74.1 Å². The summed E-state index contributed by atoms with van der Waals surface area (Å²) in [5.41, 5.74) is 14.8. The molecule has 1 aliphatic rings. The Morgan fingerprint density at radius 3 is 2.40 bits per heavy atom. The predicted molar refractivity (Wildman–Crippen MR) is 219 cm³/mol. The first-order valence-corrected chi connectivity index (χ1v) is 19.2. The molecule has 0 unspecified atom stereocenters. The second-order valence-corrected chi connectivity index (χ2v) is 15.2. The number of hydrogen-bond donors (Lipinski definition) is 3. The fraction of sp³-hybridized carbons (Fsp3) is 0.333. The van der Waals surface area contributed by atoms with Crippen molar-refractivity contribution >= 4 is 62.6 Å². The largest absolute Gasteiger partial charge is 0.494 e. The summed E-state index contributed by atoms with van der Waals surface area (Å²) in [7, 11) is 1.90. The molecular formula is C42H45Cl2N7O4. The number of fused-ring (bicyclic) bond motifs is 4. The van der Waals surface area contributed by atoms with Crippen LogP contribution < -0.4 is 20.7 Å². The number of nitrogens with zero attached hydrogens (tertiary/aromatic N) is 5. The molecule has 3 aromatic carbocycles. The summed E-state index contributed by atoms with van der Waals surface area (Å²) in [5, 5.41) is 16.0. The fourth-order valence-corrected chi connectivity index (χ4v) is 8.41. The SMILES string of the molecule is Cc1cc(OCCCc2c3n(c4c(-c5c(C)nc(CNCCN)nc5C)c(Cl)ccc24)[C@H](C)CN(c2cn(C)c4ccc(C(=O)O)cc24)C3=O)cc(C)c1Cl. The minimum atomic E-state index is -1.03. The Bertz CT molecular complexity index is 2460. The maximum absolute atomic E-state index is 15.1. The Hall–Kier alpha value is -4.94. The second-order valence-electron chi connectivity index (χ2n) is 14.4. The molecule has 11 nitrogen and oxygen atoms in total. The van der Waals surface area contributed by atoms with Crippen LogP contribution in [0.2, 0.25) is 10.0 Å². The minimum Gasteiger partial charge on any atom is -0.494 e. The lowest BCUT2D eigenvalue weighted by Crippen LogP contribution is -2.42. The van der Waals surface area contributed by atoms with Gasteiger partial charge < -0.3 is 34.9 Å². The normalized spacial score (nSPS) is 14.3. The van der Waals surface area contributed by atoms with Crippen LogP contribution in [-0.2, 0) is 20.0 Å². The van der Waals surface area contributed by atoms with Crippen molar-refractivity contribution in [1.29, 1.82) is 0 Å². The monoisotopic (exact) mass is 781 g/mol. The lowest BCUT2D eigenvalue weighted by atomic mass is 9.97. The molecule has 286 valence electrons. The highest BCUT2D eigenvalue weighted by molar-refractivity contribution is 6.35. The van der Waals surface area contributed by atoms with E-state index in [4.69, 9.17) is 43.6 Å². The van der Waals surface area contributed by atoms with Crippen LogP contribution in [0.4, 0.5) is 5.69 Å². The Kier molecular flexibility index (Phi) is 10.7. The Balaban J connectivity index is 1.37. The number of rotatable bonds is 12. The standard InChI is InChI=1S/C42H45Cl2N7O4/c1-22-16-28(17-23(2)38(22)44)55-15-7-8-29-30-10-11-32(43)37(36-25(4)47-35(48-26(36)5)19-46-14-13-45)39(30)51-24(3)20-50(41(52)40(29)51)34-21-49(6)33-12-9-27(42(53)54)18-31(33)34/h9-12,16-18,21,24,46H,7-8,13-15,19-20,45H2,1-6H3,(H,53,54)/t24-/m1/s1. The topological polar surface area (TPSA) is 141 Å². The molecule has 6 aromatic rings. The number of aromatic nitrogens is 4. The zero-order valence-corrected chi connectivity index (χ0v) is 33.4. The highest BCUT2D eigenvalue weighted by Crippen LogP contribution is 2.45. The van der Waals surface area contributed by atoms with Gasteiger partial charge in [0.15, 0.2) is 0 Å². The molecule has 13 heteroatoms. The van der Waals surface area contributed by atoms with E-state index in [1.54, 1.807) is 23.1 Å². The molecule has 0 saturated carbocycles. The minimum absolute atomic E-state index is 0.159. The summed E-state index contributed by atoms with van der Waals surface area (Å²) in [6.45, 7) is 12.4. The van der Waals surface area contributed by atoms with E-state index in [2.05, 4.69) is 16.8 Å². The summed E-state index contributed by atoms with van der Waals surface area (Å²) in [6, 6.07) is 12.6. The van der Waals surface area contributed by atoms with E-state index in [1.165, 1.54) is 0 Å². The van der Waals surface area contributed by atoms with Gasteiger partial charge in [-0.05, 0) is 101 Å². The summed E-state index contributed by atoms with van der Waals surface area (Å²) >= 11 is 13.6. The maximum atomic E-state index is 15.1. The number of aromatic carboxylic acids is 1. The summed E-state index contributed by atoms with van der Waals surface area (Å²) in [4.78, 5) is 38.6. The van der Waals surface area contributed by atoms with Gasteiger partial charge in [-0.1, -0.05) is 29.3 Å². The van der Waals surface area contributed by atoms with Gasteiger partial charge in [-0.15, -0.1) is 0 Å². The quantitative estimate of drug-likeness (QED) is 0.106. The molecule has 55 heavy (non-hydrogen) atoms. The van der Waals surface area contributed by atoms with Crippen LogP contribution >= 0.6 is 23.2 Å². The first kappa shape index (κ1) is 38.3. The van der Waals surface area contributed by atoms with Gasteiger partial charge in [0.25, 0.3) is 5.91 Å². The van der Waals surface area contributed by atoms with E-state index in [-0.39, 0.29) is 17.5 Å². The van der Waals surface area contributed by atoms with Crippen molar-refractivity contribution in [2.45, 2.75) is 60.0 Å². The lowest BCUT2D eigenvalue weighted by Gasteiger charge is -2.34. The van der Waals surface area contributed by atoms with Gasteiger partial charge in [0.05, 0.1) is 34.9 Å². The molecule has 0 fully saturated rings. The Labute approximate surface area is 330 Å². The number of nitrogens with two attached hydrogens (primary N) is 1. The third-order valence-corrected chi connectivity index (χ3v) is 11.4. The molecule has 1 aliphatic heterocycles. The van der Waals surface area contributed by atoms with Crippen LogP contribution in [0, 0.1) is 27.7 Å². The zero-order chi connectivity index (χ0) is 39.3. The van der Waals surface area contributed by atoms with Gasteiger partial charge in [0, 0.05) is 82.7 Å². The molecule has 0 aliphatic carbocycles. The number of carbonyl (C=O) groups is 2. The number of halogens is 2. The van der Waals surface area contributed by atoms with Crippen molar-refractivity contribution in [3.8, 4) is 16.9 Å². The van der Waals surface area contributed by atoms with Crippen molar-refractivity contribution < 1.29 is 19.4 Å². The third kappa shape index (κ3) is 6.95. The van der Waals surface area contributed by atoms with Gasteiger partial charge in [0.2, 0.25) is 0 Å². The average Bonchev–Trinajstić information content (AvgIpc) is 3.65. The molecule has 4 N–H and O–H groups in total. The number of anilines is 1. The summed E-state index contributed by atoms with van der Waals surface area (Å²) in [6.07, 6.45) is 3.09. The van der Waals surface area contributed by atoms with E-state index in [0.717, 1.165) is 66.4 Å². The van der Waals surface area contributed by atoms with Gasteiger partial charge in [-0.2, -0.15) is 0 Å². The number of nitrogens with one attached hydrogen (secondary N) is 1. The lowest BCUT2D eigenvalue weighted by molar-refractivity contribution is 0.0696. The van der Waals surface area contributed by atoms with Crippen LogP contribution in [0.15, 0.2) is 48.7 Å². The van der Waals surface area contributed by atoms with E-state index < -0.39 is 5.97 Å². The van der Waals surface area contributed by atoms with Crippen molar-refractivity contribution in [2.24, 2.45) is 12.8 Å². The zero-order valence-electron chi connectivity index (χ0n) is 31.9. The number of carboxylic acid groups (broad SMARTS) is 1. The van der Waals surface area contributed by atoms with Crippen molar-refractivity contribution in [3.63, 3.8) is 0 Å². The Morgan fingerprint density at radius 2 is 1.73 bits per heavy atom. The van der Waals surface area contributed by atoms with Crippen LogP contribution in [0.25, 0.3) is 32.9 Å². The number of benzene rings is 3. The van der Waals surface area contributed by atoms with E-state index in [1.807, 2.05) is 69.8 Å². The highest BCUT2D eigenvalue weighted by Gasteiger charge is 2.37. The molecular weight excluding hydrogens is 737 g/mol. The van der Waals surface area contributed by atoms with Crippen molar-refractivity contribution in [3.05, 3.63) is 104 Å². The summed E-state index contributed by atoms with van der Waals surface area (Å²) < 4.78 is 10.3. The van der Waals surface area contributed by atoms with E-state index in [9.17, 15) is 9.90 Å². The van der Waals surface area contributed by atoms with Crippen LogP contribution in [0.3, 0.4) is 0 Å². The van der Waals surface area contributed by atoms with E-state index >= 15 is 4.79 Å². The highest BCUT2D eigenvalue weighted by atomic mass is 35.5. The number of carbonyl (C=O) groups excluding carboxylic acids is 1. The third-order valence-electron chi connectivity index (χ3n) is 10.5.